The molecule has 0 saturated heterocycles. The number of nitrogens with one attached hydrogen (secondary N) is 1. The zero-order valence-electron chi connectivity index (χ0n) is 27.6. The van der Waals surface area contributed by atoms with Crippen LogP contribution in [0.5, 0.6) is 0 Å². The first-order valence-corrected chi connectivity index (χ1v) is 18.6. The Morgan fingerprint density at radius 3 is 1.82 bits per heavy atom. The molecule has 0 unspecified atom stereocenters. The molecule has 6 heterocycles. The van der Waals surface area contributed by atoms with Gasteiger partial charge in [-0.3, -0.25) is 0 Å². The first-order valence-electron chi connectivity index (χ1n) is 14.9. The molecule has 0 spiro atoms. The maximum Gasteiger partial charge on any atom is 1.00 e. The Bertz CT molecular complexity index is 2420. The topological polar surface area (TPSA) is 192 Å². The second kappa shape index (κ2) is 15.6. The van der Waals surface area contributed by atoms with E-state index in [1.807, 2.05) is 18.2 Å². The van der Waals surface area contributed by atoms with E-state index in [0.29, 0.717) is 34.0 Å². The van der Waals surface area contributed by atoms with E-state index in [1.165, 1.54) is 41.5 Å². The predicted octanol–water partition coefficient (Wildman–Crippen LogP) is 1.86. The van der Waals surface area contributed by atoms with Crippen LogP contribution in [0.2, 0.25) is 0 Å². The first-order chi connectivity index (χ1) is 23.5. The predicted molar refractivity (Wildman–Crippen MR) is 182 cm³/mol. The molecule has 2 aliphatic rings. The van der Waals surface area contributed by atoms with E-state index in [1.54, 1.807) is 76.4 Å². The minimum atomic E-state index is -3.73. The third-order valence-electron chi connectivity index (χ3n) is 7.38. The fourth-order valence-corrected chi connectivity index (χ4v) is 7.07. The molecule has 8 rings (SSSR count). The number of nitriles is 2. The monoisotopic (exact) mass is 738 g/mol. The van der Waals surface area contributed by atoms with Gasteiger partial charge in [0.1, 0.15) is 23.8 Å². The van der Waals surface area contributed by atoms with Crippen LogP contribution in [0.25, 0.3) is 11.0 Å². The Kier molecular flexibility index (Phi) is 11.4. The number of fused-ring (bicyclic) bond motifs is 2. The zero-order chi connectivity index (χ0) is 34.6. The summed E-state index contributed by atoms with van der Waals surface area (Å²) in [5, 5.41) is 28.6. The van der Waals surface area contributed by atoms with Crippen LogP contribution in [0.15, 0.2) is 108 Å². The molecular weight excluding hydrogens is 711 g/mol. The van der Waals surface area contributed by atoms with Crippen molar-refractivity contribution in [1.29, 1.82) is 10.5 Å². The van der Waals surface area contributed by atoms with Crippen LogP contribution in [0.4, 0.5) is 11.6 Å². The molecule has 0 atom stereocenters. The molecule has 50 heavy (non-hydrogen) atoms. The van der Waals surface area contributed by atoms with Crippen LogP contribution in [0, 0.1) is 22.7 Å². The molecule has 2 fully saturated rings. The van der Waals surface area contributed by atoms with Crippen molar-refractivity contribution in [3.8, 4) is 12.1 Å². The summed E-state index contributed by atoms with van der Waals surface area (Å²) in [5.74, 6) is 1.21. The van der Waals surface area contributed by atoms with Crippen molar-refractivity contribution in [2.24, 2.45) is 0 Å². The third kappa shape index (κ3) is 8.97. The van der Waals surface area contributed by atoms with E-state index in [9.17, 15) is 16.8 Å². The second-order valence-electron chi connectivity index (χ2n) is 11.1. The van der Waals surface area contributed by atoms with Crippen LogP contribution >= 0.6 is 10.7 Å². The molecule has 14 nitrogen and oxygen atoms in total. The molecule has 6 aromatic heterocycles. The standard InChI is InChI=1S/C16H13N5O2S.C9H9N3.C7H5ClN2O2S.Na.H/c17-10-12-1-4-16(18-11-12)21(13-2-3-13)24(22,23)15-6-8-20-14(9-15)5-7-19-20;10-5-7-1-4-9(11-6-7)12-8-2-3-8;8-13(11,12)7-2-4-10-6(5-7)1-3-9-10;;/h1,4-9,11,13H,2-3H2;1,4,6,8H,2-3H2,(H,11,12);1-5H;;/q;;;+1;-1. The molecule has 0 aromatic carbocycles. The number of rotatable bonds is 7. The van der Waals surface area contributed by atoms with E-state index in [-0.39, 0.29) is 46.8 Å². The molecule has 6 aromatic rings. The summed E-state index contributed by atoms with van der Waals surface area (Å²) < 4.78 is 52.6. The number of pyridine rings is 4. The molecule has 250 valence electrons. The van der Waals surface area contributed by atoms with Gasteiger partial charge in [-0.15, -0.1) is 0 Å². The minimum Gasteiger partial charge on any atom is -1.00 e. The summed E-state index contributed by atoms with van der Waals surface area (Å²) in [5.41, 5.74) is 2.41. The van der Waals surface area contributed by atoms with Gasteiger partial charge in [0, 0.05) is 59.9 Å². The maximum absolute atomic E-state index is 13.1. The van der Waals surface area contributed by atoms with E-state index < -0.39 is 19.1 Å². The van der Waals surface area contributed by atoms with Crippen molar-refractivity contribution in [2.75, 3.05) is 9.62 Å². The van der Waals surface area contributed by atoms with Crippen LogP contribution in [-0.2, 0) is 19.1 Å². The fraction of sp³-hybridized carbons (Fsp3) is 0.188. The molecule has 2 saturated carbocycles. The van der Waals surface area contributed by atoms with Crippen LogP contribution in [0.3, 0.4) is 0 Å². The SMILES string of the molecule is N#Cc1ccc(N(C2CC2)S(=O)(=O)c2ccn3nccc3c2)nc1.N#Cc1ccc(NC2CC2)nc1.O=S(=O)(Cl)c1ccn2nccc2c1.[H-].[Na+]. The molecule has 1 N–H and O–H groups in total. The normalized spacial score (nSPS) is 13.7. The van der Waals surface area contributed by atoms with Crippen molar-refractivity contribution in [3.63, 3.8) is 0 Å². The number of anilines is 2. The first kappa shape index (κ1) is 36.7. The van der Waals surface area contributed by atoms with Gasteiger partial charge in [-0.2, -0.15) is 20.7 Å². The van der Waals surface area contributed by atoms with Gasteiger partial charge in [-0.25, -0.2) is 40.1 Å². The molecule has 2 aliphatic carbocycles. The van der Waals surface area contributed by atoms with Crippen molar-refractivity contribution in [3.05, 3.63) is 109 Å². The van der Waals surface area contributed by atoms with E-state index in [4.69, 9.17) is 21.2 Å². The number of hydrogen-bond acceptors (Lipinski definition) is 11. The van der Waals surface area contributed by atoms with E-state index >= 15 is 0 Å². The van der Waals surface area contributed by atoms with Crippen molar-refractivity contribution >= 4 is 52.4 Å². The number of hydrogen-bond donors (Lipinski definition) is 1. The zero-order valence-corrected chi connectivity index (χ0v) is 31.0. The number of nitrogens with zero attached hydrogens (tertiary/aromatic N) is 9. The van der Waals surface area contributed by atoms with E-state index in [0.717, 1.165) is 18.7 Å². The van der Waals surface area contributed by atoms with Crippen LogP contribution in [-0.4, -0.2) is 58.1 Å². The van der Waals surface area contributed by atoms with Gasteiger partial charge >= 0.3 is 29.6 Å². The Labute approximate surface area is 316 Å². The van der Waals surface area contributed by atoms with Crippen molar-refractivity contribution in [2.45, 2.75) is 47.6 Å². The average Bonchev–Trinajstić information content (AvgIpc) is 4.01. The fourth-order valence-electron chi connectivity index (χ4n) is 4.61. The summed E-state index contributed by atoms with van der Waals surface area (Å²) in [6.07, 6.45) is 13.4. The molecular formula is C32H28ClN10NaO4S2. The Hall–Kier alpha value is -4.55. The molecule has 0 aliphatic heterocycles. The number of aromatic nitrogens is 6. The maximum atomic E-state index is 13.1. The molecule has 0 amide bonds. The van der Waals surface area contributed by atoms with Gasteiger partial charge in [0.05, 0.1) is 32.0 Å². The summed E-state index contributed by atoms with van der Waals surface area (Å²) in [6.45, 7) is 0. The van der Waals surface area contributed by atoms with Gasteiger partial charge in [-0.1, -0.05) is 0 Å². The smallest absolute Gasteiger partial charge is 1.00 e. The average molecular weight is 739 g/mol. The van der Waals surface area contributed by atoms with Gasteiger partial charge < -0.3 is 6.74 Å². The molecule has 0 bridgehead atoms. The van der Waals surface area contributed by atoms with Crippen LogP contribution < -0.4 is 39.2 Å². The van der Waals surface area contributed by atoms with Gasteiger partial charge in [0.25, 0.3) is 19.1 Å². The van der Waals surface area contributed by atoms with Gasteiger partial charge in [0.2, 0.25) is 0 Å². The largest absolute Gasteiger partial charge is 1.00 e. The summed E-state index contributed by atoms with van der Waals surface area (Å²) in [6, 6.07) is 20.8. The van der Waals surface area contributed by atoms with Crippen LogP contribution in [0.1, 0.15) is 38.2 Å². The summed E-state index contributed by atoms with van der Waals surface area (Å²) in [7, 11) is -2.21. The third-order valence-corrected chi connectivity index (χ3v) is 10.6. The number of sulfonamides is 1. The van der Waals surface area contributed by atoms with Gasteiger partial charge in [-0.05, 0) is 86.3 Å². The summed E-state index contributed by atoms with van der Waals surface area (Å²) in [4.78, 5) is 8.55. The van der Waals surface area contributed by atoms with Gasteiger partial charge in [0.15, 0.2) is 0 Å². The second-order valence-corrected chi connectivity index (χ2v) is 15.5. The van der Waals surface area contributed by atoms with Crippen molar-refractivity contribution < 1.29 is 47.8 Å². The Morgan fingerprint density at radius 1 is 0.780 bits per heavy atom. The van der Waals surface area contributed by atoms with E-state index in [2.05, 4.69) is 25.5 Å². The summed E-state index contributed by atoms with van der Waals surface area (Å²) >= 11 is 0. The Morgan fingerprint density at radius 2 is 1.34 bits per heavy atom. The quantitative estimate of drug-likeness (QED) is 0.186. The molecule has 0 radical (unpaired) electrons. The Balaban J connectivity index is 0.000000184. The van der Waals surface area contributed by atoms with Crippen molar-refractivity contribution in [1.82, 2.24) is 29.2 Å². The molecule has 18 heteroatoms. The minimum absolute atomic E-state index is 0. The number of halogens is 1.